The van der Waals surface area contributed by atoms with Crippen LogP contribution in [0, 0.1) is 5.92 Å². The number of hydrogen-bond donors (Lipinski definition) is 1. The van der Waals surface area contributed by atoms with Gasteiger partial charge in [0.2, 0.25) is 0 Å². The number of hydrogen-bond acceptors (Lipinski definition) is 1. The van der Waals surface area contributed by atoms with Gasteiger partial charge in [0.25, 0.3) is 0 Å². The van der Waals surface area contributed by atoms with E-state index in [2.05, 4.69) is 0 Å². The highest BCUT2D eigenvalue weighted by molar-refractivity contribution is 5.67. The molecule has 1 aromatic carbocycles. The number of carbonyl (C=O) groups is 1. The van der Waals surface area contributed by atoms with Gasteiger partial charge < -0.3 is 5.11 Å². The second kappa shape index (κ2) is 5.21. The van der Waals surface area contributed by atoms with E-state index in [1.807, 2.05) is 0 Å². The lowest BCUT2D eigenvalue weighted by Crippen LogP contribution is -2.09. The quantitative estimate of drug-likeness (QED) is 0.884. The van der Waals surface area contributed by atoms with E-state index >= 15 is 0 Å². The van der Waals surface area contributed by atoms with Gasteiger partial charge in [-0.2, -0.15) is 13.2 Å². The zero-order valence-electron chi connectivity index (χ0n) is 9.29. The highest BCUT2D eigenvalue weighted by atomic mass is 19.4. The maximum atomic E-state index is 12.4. The van der Waals surface area contributed by atoms with Gasteiger partial charge in [-0.1, -0.05) is 25.1 Å². The van der Waals surface area contributed by atoms with Gasteiger partial charge >= 0.3 is 12.1 Å². The Bertz CT molecular complexity index is 399. The molecule has 0 aliphatic rings. The van der Waals surface area contributed by atoms with Crippen molar-refractivity contribution in [2.24, 2.45) is 5.92 Å². The Hall–Kier alpha value is -1.52. The molecule has 5 heteroatoms. The summed E-state index contributed by atoms with van der Waals surface area (Å²) in [4.78, 5) is 10.4. The first kappa shape index (κ1) is 13.5. The zero-order valence-corrected chi connectivity index (χ0v) is 9.29. The molecular weight excluding hydrogens is 233 g/mol. The molecule has 1 unspecified atom stereocenters. The molecule has 1 atom stereocenters. The van der Waals surface area contributed by atoms with Gasteiger partial charge in [0.05, 0.1) is 5.56 Å². The minimum absolute atomic E-state index is 0.0454. The first-order valence-corrected chi connectivity index (χ1v) is 5.17. The highest BCUT2D eigenvalue weighted by Gasteiger charge is 2.30. The van der Waals surface area contributed by atoms with Crippen molar-refractivity contribution in [3.63, 3.8) is 0 Å². The predicted octanol–water partition coefficient (Wildman–Crippen LogP) is 3.36. The van der Waals surface area contributed by atoms with Crippen molar-refractivity contribution in [2.75, 3.05) is 0 Å². The third-order valence-electron chi connectivity index (χ3n) is 2.36. The molecule has 1 aromatic rings. The van der Waals surface area contributed by atoms with E-state index in [9.17, 15) is 18.0 Å². The van der Waals surface area contributed by atoms with Gasteiger partial charge in [-0.15, -0.1) is 0 Å². The summed E-state index contributed by atoms with van der Waals surface area (Å²) < 4.78 is 37.3. The molecular formula is C12H13F3O2. The number of benzene rings is 1. The summed E-state index contributed by atoms with van der Waals surface area (Å²) in [6.07, 6.45) is -4.07. The molecule has 2 nitrogen and oxygen atoms in total. The van der Waals surface area contributed by atoms with E-state index in [1.165, 1.54) is 6.07 Å². The highest BCUT2D eigenvalue weighted by Crippen LogP contribution is 2.30. The summed E-state index contributed by atoms with van der Waals surface area (Å²) in [7, 11) is 0. The molecule has 0 aromatic heterocycles. The smallest absolute Gasteiger partial charge is 0.416 e. The summed E-state index contributed by atoms with van der Waals surface area (Å²) in [5.74, 6) is -1.12. The number of halogens is 3. The van der Waals surface area contributed by atoms with Gasteiger partial charge in [0.1, 0.15) is 0 Å². The summed E-state index contributed by atoms with van der Waals surface area (Å²) in [6.45, 7) is 1.70. The van der Waals surface area contributed by atoms with Crippen molar-refractivity contribution in [3.8, 4) is 0 Å². The zero-order chi connectivity index (χ0) is 13.1. The molecule has 1 N–H and O–H groups in total. The van der Waals surface area contributed by atoms with Crippen LogP contribution in [-0.4, -0.2) is 11.1 Å². The van der Waals surface area contributed by atoms with E-state index in [1.54, 1.807) is 13.0 Å². The van der Waals surface area contributed by atoms with Crippen LogP contribution in [-0.2, 0) is 17.4 Å². The van der Waals surface area contributed by atoms with E-state index in [-0.39, 0.29) is 12.3 Å². The van der Waals surface area contributed by atoms with Crippen LogP contribution in [0.25, 0.3) is 0 Å². The van der Waals surface area contributed by atoms with Gasteiger partial charge in [0.15, 0.2) is 0 Å². The fraction of sp³-hybridized carbons (Fsp3) is 0.417. The molecule has 94 valence electrons. The van der Waals surface area contributed by atoms with Crippen LogP contribution < -0.4 is 0 Å². The van der Waals surface area contributed by atoms with Crippen LogP contribution in [0.2, 0.25) is 0 Å². The van der Waals surface area contributed by atoms with E-state index < -0.39 is 17.7 Å². The third kappa shape index (κ3) is 4.46. The predicted molar refractivity (Wildman–Crippen MR) is 56.6 cm³/mol. The largest absolute Gasteiger partial charge is 0.481 e. The van der Waals surface area contributed by atoms with Crippen molar-refractivity contribution in [1.82, 2.24) is 0 Å². The molecule has 0 bridgehead atoms. The molecule has 1 rings (SSSR count). The summed E-state index contributed by atoms with van der Waals surface area (Å²) in [6, 6.07) is 4.99. The average Bonchev–Trinajstić information content (AvgIpc) is 2.15. The second-order valence-electron chi connectivity index (χ2n) is 4.11. The summed E-state index contributed by atoms with van der Waals surface area (Å²) in [5, 5.41) is 8.57. The average molecular weight is 246 g/mol. The third-order valence-corrected chi connectivity index (χ3v) is 2.36. The van der Waals surface area contributed by atoms with Crippen LogP contribution in [0.5, 0.6) is 0 Å². The normalized spacial score (nSPS) is 13.4. The monoisotopic (exact) mass is 246 g/mol. The number of rotatable bonds is 4. The summed E-state index contributed by atoms with van der Waals surface area (Å²) in [5.41, 5.74) is -0.189. The molecule has 0 aliphatic carbocycles. The fourth-order valence-corrected chi connectivity index (χ4v) is 1.65. The molecule has 0 saturated heterocycles. The topological polar surface area (TPSA) is 37.3 Å². The van der Waals surface area contributed by atoms with Crippen molar-refractivity contribution in [2.45, 2.75) is 25.9 Å². The number of carboxylic acid groups (broad SMARTS) is 1. The Morgan fingerprint density at radius 3 is 2.59 bits per heavy atom. The standard InChI is InChI=1S/C12H13F3O2/c1-8(6-11(16)17)5-9-3-2-4-10(7-9)12(13,14)15/h2-4,7-8H,5-6H2,1H3,(H,16,17). The summed E-state index contributed by atoms with van der Waals surface area (Å²) >= 11 is 0. The number of aliphatic carboxylic acids is 1. The SMILES string of the molecule is CC(CC(=O)O)Cc1cccc(C(F)(F)F)c1. The van der Waals surface area contributed by atoms with Crippen molar-refractivity contribution >= 4 is 5.97 Å². The molecule has 17 heavy (non-hydrogen) atoms. The molecule has 0 amide bonds. The molecule has 0 fully saturated rings. The van der Waals surface area contributed by atoms with Crippen LogP contribution in [0.15, 0.2) is 24.3 Å². The molecule has 0 heterocycles. The first-order chi connectivity index (χ1) is 7.79. The van der Waals surface area contributed by atoms with Gasteiger partial charge in [-0.3, -0.25) is 4.79 Å². The Balaban J connectivity index is 2.76. The van der Waals surface area contributed by atoms with Gasteiger partial charge in [0, 0.05) is 6.42 Å². The minimum atomic E-state index is -4.36. The second-order valence-corrected chi connectivity index (χ2v) is 4.11. The first-order valence-electron chi connectivity index (χ1n) is 5.17. The maximum absolute atomic E-state index is 12.4. The fourth-order valence-electron chi connectivity index (χ4n) is 1.65. The van der Waals surface area contributed by atoms with E-state index in [0.29, 0.717) is 12.0 Å². The lowest BCUT2D eigenvalue weighted by atomic mass is 9.97. The van der Waals surface area contributed by atoms with Crippen LogP contribution in [0.1, 0.15) is 24.5 Å². The van der Waals surface area contributed by atoms with Crippen LogP contribution >= 0.6 is 0 Å². The molecule has 0 radical (unpaired) electrons. The number of alkyl halides is 3. The van der Waals surface area contributed by atoms with Crippen molar-refractivity contribution in [1.29, 1.82) is 0 Å². The molecule has 0 aliphatic heterocycles. The maximum Gasteiger partial charge on any atom is 0.416 e. The van der Waals surface area contributed by atoms with Gasteiger partial charge in [-0.05, 0) is 24.0 Å². The van der Waals surface area contributed by atoms with Crippen molar-refractivity contribution < 1.29 is 23.1 Å². The van der Waals surface area contributed by atoms with Crippen molar-refractivity contribution in [3.05, 3.63) is 35.4 Å². The Labute approximate surface area is 97.1 Å². The Kier molecular flexibility index (Phi) is 4.15. The Morgan fingerprint density at radius 2 is 2.06 bits per heavy atom. The Morgan fingerprint density at radius 1 is 1.41 bits per heavy atom. The lowest BCUT2D eigenvalue weighted by Gasteiger charge is -2.11. The van der Waals surface area contributed by atoms with Crippen LogP contribution in [0.3, 0.4) is 0 Å². The minimum Gasteiger partial charge on any atom is -0.481 e. The van der Waals surface area contributed by atoms with Gasteiger partial charge in [-0.25, -0.2) is 0 Å². The number of carboxylic acids is 1. The van der Waals surface area contributed by atoms with Crippen LogP contribution in [0.4, 0.5) is 13.2 Å². The molecule has 0 saturated carbocycles. The van der Waals surface area contributed by atoms with E-state index in [4.69, 9.17) is 5.11 Å². The molecule has 0 spiro atoms. The van der Waals surface area contributed by atoms with E-state index in [0.717, 1.165) is 12.1 Å². The lowest BCUT2D eigenvalue weighted by molar-refractivity contribution is -0.139.